The van der Waals surface area contributed by atoms with Crippen molar-refractivity contribution in [1.82, 2.24) is 10.3 Å². The minimum absolute atomic E-state index is 0.231. The summed E-state index contributed by atoms with van der Waals surface area (Å²) in [6.07, 6.45) is 3.39. The van der Waals surface area contributed by atoms with Gasteiger partial charge in [0.25, 0.3) is 0 Å². The smallest absolute Gasteiger partial charge is 0.247 e. The predicted octanol–water partition coefficient (Wildman–Crippen LogP) is 1.61. The molecule has 0 aliphatic carbocycles. The molecule has 2 aromatic rings. The Hall–Kier alpha value is -2.08. The number of thiol groups is 1. The number of nitrogens with zero attached hydrogens (tertiary/aromatic N) is 1. The molecule has 1 aromatic heterocycles. The number of aromatic nitrogens is 1. The molecule has 0 saturated heterocycles. The highest BCUT2D eigenvalue weighted by Crippen LogP contribution is 2.22. The van der Waals surface area contributed by atoms with E-state index in [0.717, 1.165) is 10.8 Å². The van der Waals surface area contributed by atoms with E-state index in [4.69, 9.17) is 0 Å². The zero-order chi connectivity index (χ0) is 14.5. The molecule has 1 unspecified atom stereocenters. The molecule has 0 spiro atoms. The number of amides is 2. The van der Waals surface area contributed by atoms with Gasteiger partial charge in [-0.2, -0.15) is 12.6 Å². The van der Waals surface area contributed by atoms with Crippen molar-refractivity contribution in [3.63, 3.8) is 0 Å². The van der Waals surface area contributed by atoms with Gasteiger partial charge in [-0.3, -0.25) is 14.6 Å². The van der Waals surface area contributed by atoms with Gasteiger partial charge in [0, 0.05) is 30.5 Å². The van der Waals surface area contributed by atoms with E-state index in [0.29, 0.717) is 5.69 Å². The molecule has 1 heterocycles. The fourth-order valence-corrected chi connectivity index (χ4v) is 2.14. The Kier molecular flexibility index (Phi) is 4.57. The third-order valence-electron chi connectivity index (χ3n) is 2.82. The summed E-state index contributed by atoms with van der Waals surface area (Å²) in [4.78, 5) is 27.2. The molecule has 20 heavy (non-hydrogen) atoms. The van der Waals surface area contributed by atoms with Crippen LogP contribution in [0.3, 0.4) is 0 Å². The lowest BCUT2D eigenvalue weighted by atomic mass is 10.1. The zero-order valence-corrected chi connectivity index (χ0v) is 11.9. The van der Waals surface area contributed by atoms with Gasteiger partial charge in [0.2, 0.25) is 11.8 Å². The number of benzene rings is 1. The Balaban J connectivity index is 2.23. The van der Waals surface area contributed by atoms with Gasteiger partial charge in [0.05, 0.1) is 5.69 Å². The molecule has 104 valence electrons. The van der Waals surface area contributed by atoms with Crippen molar-refractivity contribution in [2.24, 2.45) is 0 Å². The second-order valence-corrected chi connectivity index (χ2v) is 4.69. The SMILES string of the molecule is CC(=O)NC(CS)C(=O)Nc1cccc2ccncc12. The number of pyridine rings is 1. The van der Waals surface area contributed by atoms with E-state index in [1.807, 2.05) is 18.2 Å². The molecule has 0 bridgehead atoms. The van der Waals surface area contributed by atoms with Crippen LogP contribution in [0.5, 0.6) is 0 Å². The van der Waals surface area contributed by atoms with Gasteiger partial charge in [-0.1, -0.05) is 12.1 Å². The van der Waals surface area contributed by atoms with Crippen LogP contribution in [0.25, 0.3) is 10.8 Å². The molecule has 5 nitrogen and oxygen atoms in total. The fraction of sp³-hybridized carbons (Fsp3) is 0.214. The van der Waals surface area contributed by atoms with Gasteiger partial charge in [-0.25, -0.2) is 0 Å². The van der Waals surface area contributed by atoms with E-state index in [-0.39, 0.29) is 17.6 Å². The first-order valence-electron chi connectivity index (χ1n) is 6.13. The Bertz CT molecular complexity index is 640. The van der Waals surface area contributed by atoms with Crippen LogP contribution >= 0.6 is 12.6 Å². The third-order valence-corrected chi connectivity index (χ3v) is 3.18. The number of rotatable bonds is 4. The highest BCUT2D eigenvalue weighted by molar-refractivity contribution is 7.80. The Labute approximate surface area is 122 Å². The van der Waals surface area contributed by atoms with Crippen LogP contribution < -0.4 is 10.6 Å². The van der Waals surface area contributed by atoms with Crippen molar-refractivity contribution >= 4 is 40.9 Å². The molecule has 0 fully saturated rings. The van der Waals surface area contributed by atoms with Gasteiger partial charge in [0.15, 0.2) is 0 Å². The molecule has 0 saturated carbocycles. The van der Waals surface area contributed by atoms with E-state index in [1.165, 1.54) is 6.92 Å². The molecule has 1 aromatic carbocycles. The first kappa shape index (κ1) is 14.3. The van der Waals surface area contributed by atoms with E-state index in [1.54, 1.807) is 18.5 Å². The van der Waals surface area contributed by atoms with Crippen LogP contribution in [0.4, 0.5) is 5.69 Å². The van der Waals surface area contributed by atoms with Crippen LogP contribution in [0.15, 0.2) is 36.7 Å². The van der Waals surface area contributed by atoms with Gasteiger partial charge < -0.3 is 10.6 Å². The summed E-state index contributed by atoms with van der Waals surface area (Å²) in [7, 11) is 0. The normalized spacial score (nSPS) is 11.9. The first-order valence-corrected chi connectivity index (χ1v) is 6.76. The fourth-order valence-electron chi connectivity index (χ4n) is 1.88. The molecule has 0 aliphatic rings. The summed E-state index contributed by atoms with van der Waals surface area (Å²) in [6, 6.07) is 6.80. The number of hydrogen-bond donors (Lipinski definition) is 3. The van der Waals surface area contributed by atoms with Gasteiger partial charge in [-0.15, -0.1) is 0 Å². The molecule has 2 amide bonds. The lowest BCUT2D eigenvalue weighted by Crippen LogP contribution is -2.44. The summed E-state index contributed by atoms with van der Waals surface area (Å²) >= 11 is 4.08. The highest BCUT2D eigenvalue weighted by Gasteiger charge is 2.18. The summed E-state index contributed by atoms with van der Waals surface area (Å²) in [6.45, 7) is 1.37. The molecule has 6 heteroatoms. The number of hydrogen-bond acceptors (Lipinski definition) is 4. The monoisotopic (exact) mass is 289 g/mol. The minimum atomic E-state index is -0.664. The average Bonchev–Trinajstić information content (AvgIpc) is 2.45. The maximum Gasteiger partial charge on any atom is 0.247 e. The van der Waals surface area contributed by atoms with E-state index in [2.05, 4.69) is 28.2 Å². The summed E-state index contributed by atoms with van der Waals surface area (Å²) in [5.74, 6) is -0.334. The van der Waals surface area contributed by atoms with Crippen molar-refractivity contribution in [2.75, 3.05) is 11.1 Å². The van der Waals surface area contributed by atoms with Crippen molar-refractivity contribution in [3.05, 3.63) is 36.7 Å². The molecule has 1 atom stereocenters. The molecule has 0 radical (unpaired) electrons. The number of anilines is 1. The molecule has 2 N–H and O–H groups in total. The number of carbonyl (C=O) groups is 2. The largest absolute Gasteiger partial charge is 0.344 e. The topological polar surface area (TPSA) is 71.1 Å². The second kappa shape index (κ2) is 6.38. The summed E-state index contributed by atoms with van der Waals surface area (Å²) in [5, 5.41) is 7.19. The van der Waals surface area contributed by atoms with Crippen molar-refractivity contribution < 1.29 is 9.59 Å². The number of carbonyl (C=O) groups excluding carboxylic acids is 2. The van der Waals surface area contributed by atoms with E-state index in [9.17, 15) is 9.59 Å². The van der Waals surface area contributed by atoms with E-state index >= 15 is 0 Å². The van der Waals surface area contributed by atoms with Crippen LogP contribution in [-0.2, 0) is 9.59 Å². The predicted molar refractivity (Wildman–Crippen MR) is 81.8 cm³/mol. The van der Waals surface area contributed by atoms with Gasteiger partial charge >= 0.3 is 0 Å². The number of nitrogens with one attached hydrogen (secondary N) is 2. The maximum atomic E-state index is 12.1. The first-order chi connectivity index (χ1) is 9.61. The van der Waals surface area contributed by atoms with Crippen molar-refractivity contribution in [3.8, 4) is 0 Å². The zero-order valence-electron chi connectivity index (χ0n) is 11.0. The minimum Gasteiger partial charge on any atom is -0.344 e. The molecule has 0 aliphatic heterocycles. The summed E-state index contributed by atoms with van der Waals surface area (Å²) < 4.78 is 0. The lowest BCUT2D eigenvalue weighted by Gasteiger charge is -2.16. The maximum absolute atomic E-state index is 12.1. The average molecular weight is 289 g/mol. The lowest BCUT2D eigenvalue weighted by molar-refractivity contribution is -0.124. The summed E-state index contributed by atoms with van der Waals surface area (Å²) in [5.41, 5.74) is 0.665. The van der Waals surface area contributed by atoms with Gasteiger partial charge in [-0.05, 0) is 17.5 Å². The van der Waals surface area contributed by atoms with Crippen LogP contribution in [0.1, 0.15) is 6.92 Å². The van der Waals surface area contributed by atoms with E-state index < -0.39 is 6.04 Å². The second-order valence-electron chi connectivity index (χ2n) is 4.33. The quantitative estimate of drug-likeness (QED) is 0.749. The van der Waals surface area contributed by atoms with Gasteiger partial charge in [0.1, 0.15) is 6.04 Å². The molecule has 2 rings (SSSR count). The highest BCUT2D eigenvalue weighted by atomic mass is 32.1. The van der Waals surface area contributed by atoms with Crippen LogP contribution in [-0.4, -0.2) is 28.6 Å². The van der Waals surface area contributed by atoms with Crippen LogP contribution in [0.2, 0.25) is 0 Å². The Morgan fingerprint density at radius 3 is 2.85 bits per heavy atom. The van der Waals surface area contributed by atoms with Crippen molar-refractivity contribution in [1.29, 1.82) is 0 Å². The Morgan fingerprint density at radius 1 is 1.35 bits per heavy atom. The molecular formula is C14H15N3O2S. The Morgan fingerprint density at radius 2 is 2.15 bits per heavy atom. The number of fused-ring (bicyclic) bond motifs is 1. The van der Waals surface area contributed by atoms with Crippen LogP contribution in [0, 0.1) is 0 Å². The standard InChI is InChI=1S/C14H15N3O2S/c1-9(18)16-13(8-20)14(19)17-12-4-2-3-10-5-6-15-7-11(10)12/h2-7,13,20H,8H2,1H3,(H,16,18)(H,17,19). The van der Waals surface area contributed by atoms with Crippen molar-refractivity contribution in [2.45, 2.75) is 13.0 Å². The third kappa shape index (κ3) is 3.27. The molecular weight excluding hydrogens is 274 g/mol.